The summed E-state index contributed by atoms with van der Waals surface area (Å²) < 4.78 is 8.20. The predicted octanol–water partition coefficient (Wildman–Crippen LogP) is 4.89. The Bertz CT molecular complexity index is 1020. The first-order valence-corrected chi connectivity index (χ1v) is 11.0. The second-order valence-electron chi connectivity index (χ2n) is 7.69. The summed E-state index contributed by atoms with van der Waals surface area (Å²) >= 11 is 11.9. The molecule has 154 valence electrons. The molecule has 0 amide bonds. The van der Waals surface area contributed by atoms with Gasteiger partial charge in [0.25, 0.3) is 0 Å². The molecule has 2 aliphatic heterocycles. The standard InChI is InChI=1S/C23H23ClN4OS/c24-16-8-10-17(11-9-16)28-22(21(26-23(28)30)19-6-1-2-12-25-19)20-7-3-13-27(20)15-18-5-4-14-29-18/h1-3,6-13,18,21-22H,4-5,14-15H2,(H,26,30). The van der Waals surface area contributed by atoms with Crippen molar-refractivity contribution >= 4 is 34.6 Å². The van der Waals surface area contributed by atoms with Crippen LogP contribution in [-0.4, -0.2) is 27.4 Å². The number of anilines is 1. The van der Waals surface area contributed by atoms with E-state index in [9.17, 15) is 0 Å². The number of pyridine rings is 1. The van der Waals surface area contributed by atoms with Crippen molar-refractivity contribution in [3.05, 3.63) is 83.4 Å². The van der Waals surface area contributed by atoms with E-state index in [1.54, 1.807) is 0 Å². The number of hydrogen-bond donors (Lipinski definition) is 1. The molecule has 5 rings (SSSR count). The van der Waals surface area contributed by atoms with Gasteiger partial charge >= 0.3 is 0 Å². The summed E-state index contributed by atoms with van der Waals surface area (Å²) in [6.07, 6.45) is 6.45. The fourth-order valence-corrected chi connectivity index (χ4v) is 4.88. The zero-order chi connectivity index (χ0) is 20.5. The molecule has 2 fully saturated rings. The molecule has 3 atom stereocenters. The van der Waals surface area contributed by atoms with E-state index in [0.29, 0.717) is 10.1 Å². The highest BCUT2D eigenvalue weighted by Crippen LogP contribution is 2.42. The van der Waals surface area contributed by atoms with E-state index in [2.05, 4.69) is 38.1 Å². The van der Waals surface area contributed by atoms with Gasteiger partial charge in [-0.2, -0.15) is 0 Å². The Hall–Kier alpha value is -2.41. The van der Waals surface area contributed by atoms with Gasteiger partial charge in [0.15, 0.2) is 5.11 Å². The third-order valence-electron chi connectivity index (χ3n) is 5.79. The van der Waals surface area contributed by atoms with Gasteiger partial charge in [-0.15, -0.1) is 0 Å². The number of benzene rings is 1. The highest BCUT2D eigenvalue weighted by molar-refractivity contribution is 7.80. The predicted molar refractivity (Wildman–Crippen MR) is 123 cm³/mol. The molecule has 0 spiro atoms. The van der Waals surface area contributed by atoms with Gasteiger partial charge in [0.05, 0.1) is 17.8 Å². The average Bonchev–Trinajstić information content (AvgIpc) is 3.50. The van der Waals surface area contributed by atoms with E-state index in [1.165, 1.54) is 5.69 Å². The van der Waals surface area contributed by atoms with Crippen molar-refractivity contribution in [3.63, 3.8) is 0 Å². The quantitative estimate of drug-likeness (QED) is 0.574. The lowest BCUT2D eigenvalue weighted by Gasteiger charge is -2.29. The van der Waals surface area contributed by atoms with Crippen molar-refractivity contribution in [1.29, 1.82) is 0 Å². The third kappa shape index (κ3) is 3.71. The summed E-state index contributed by atoms with van der Waals surface area (Å²) in [5.74, 6) is 0. The van der Waals surface area contributed by atoms with Gasteiger partial charge in [-0.1, -0.05) is 17.7 Å². The lowest BCUT2D eigenvalue weighted by atomic mass is 10.0. The van der Waals surface area contributed by atoms with Crippen LogP contribution in [0.3, 0.4) is 0 Å². The normalized spacial score (nSPS) is 23.7. The van der Waals surface area contributed by atoms with E-state index < -0.39 is 0 Å². The van der Waals surface area contributed by atoms with Crippen molar-refractivity contribution in [3.8, 4) is 0 Å². The summed E-state index contributed by atoms with van der Waals surface area (Å²) in [4.78, 5) is 6.80. The Morgan fingerprint density at radius 2 is 2.00 bits per heavy atom. The molecule has 7 heteroatoms. The summed E-state index contributed by atoms with van der Waals surface area (Å²) in [7, 11) is 0. The monoisotopic (exact) mass is 438 g/mol. The summed E-state index contributed by atoms with van der Waals surface area (Å²) in [6.45, 7) is 1.69. The van der Waals surface area contributed by atoms with Crippen LogP contribution in [0, 0.1) is 0 Å². The van der Waals surface area contributed by atoms with Crippen LogP contribution in [0.25, 0.3) is 0 Å². The van der Waals surface area contributed by atoms with Crippen LogP contribution in [0.15, 0.2) is 67.0 Å². The Labute approximate surface area is 186 Å². The SMILES string of the molecule is S=C1NC(c2ccccn2)C(c2cccn2CC2CCCO2)N1c1ccc(Cl)cc1. The molecule has 2 aromatic heterocycles. The van der Waals surface area contributed by atoms with Gasteiger partial charge in [0.1, 0.15) is 6.04 Å². The van der Waals surface area contributed by atoms with E-state index in [1.807, 2.05) is 48.7 Å². The Kier molecular flexibility index (Phi) is 5.46. The number of halogens is 1. The largest absolute Gasteiger partial charge is 0.376 e. The van der Waals surface area contributed by atoms with Crippen molar-refractivity contribution in [2.75, 3.05) is 11.5 Å². The third-order valence-corrected chi connectivity index (χ3v) is 6.36. The van der Waals surface area contributed by atoms with Crippen molar-refractivity contribution in [2.45, 2.75) is 37.6 Å². The number of nitrogens with one attached hydrogen (secondary N) is 1. The number of hydrogen-bond acceptors (Lipinski definition) is 3. The van der Waals surface area contributed by atoms with Gasteiger partial charge in [-0.05, 0) is 73.6 Å². The van der Waals surface area contributed by atoms with Crippen LogP contribution < -0.4 is 10.2 Å². The molecule has 2 saturated heterocycles. The second-order valence-corrected chi connectivity index (χ2v) is 8.52. The maximum absolute atomic E-state index is 6.14. The molecule has 0 bridgehead atoms. The van der Waals surface area contributed by atoms with Crippen molar-refractivity contribution < 1.29 is 4.74 Å². The van der Waals surface area contributed by atoms with E-state index in [4.69, 9.17) is 28.6 Å². The topological polar surface area (TPSA) is 42.3 Å². The highest BCUT2D eigenvalue weighted by atomic mass is 35.5. The molecule has 1 aromatic carbocycles. The minimum absolute atomic E-state index is 0.0371. The smallest absolute Gasteiger partial charge is 0.174 e. The van der Waals surface area contributed by atoms with Crippen LogP contribution >= 0.6 is 23.8 Å². The fourth-order valence-electron chi connectivity index (χ4n) is 4.40. The molecule has 4 heterocycles. The zero-order valence-corrected chi connectivity index (χ0v) is 18.0. The molecule has 3 aromatic rings. The number of nitrogens with zero attached hydrogens (tertiary/aromatic N) is 3. The van der Waals surface area contributed by atoms with Crippen LogP contribution in [0.1, 0.15) is 36.3 Å². The Balaban J connectivity index is 1.57. The number of thiocarbonyl (C=S) groups is 1. The van der Waals surface area contributed by atoms with E-state index in [-0.39, 0.29) is 18.2 Å². The van der Waals surface area contributed by atoms with Gasteiger partial charge in [0, 0.05) is 41.9 Å². The Morgan fingerprint density at radius 1 is 1.13 bits per heavy atom. The first-order chi connectivity index (χ1) is 14.7. The number of aromatic nitrogens is 2. The first kappa shape index (κ1) is 19.5. The van der Waals surface area contributed by atoms with E-state index in [0.717, 1.165) is 37.4 Å². The van der Waals surface area contributed by atoms with Gasteiger partial charge in [-0.3, -0.25) is 4.98 Å². The molecule has 5 nitrogen and oxygen atoms in total. The maximum Gasteiger partial charge on any atom is 0.174 e. The Morgan fingerprint density at radius 3 is 2.73 bits per heavy atom. The summed E-state index contributed by atoms with van der Waals surface area (Å²) in [5, 5.41) is 4.90. The molecule has 3 unspecified atom stereocenters. The lowest BCUT2D eigenvalue weighted by Crippen LogP contribution is -2.31. The molecule has 0 aliphatic carbocycles. The maximum atomic E-state index is 6.14. The first-order valence-electron chi connectivity index (χ1n) is 10.2. The molecule has 30 heavy (non-hydrogen) atoms. The van der Waals surface area contributed by atoms with E-state index >= 15 is 0 Å². The van der Waals surface area contributed by atoms with Crippen molar-refractivity contribution in [1.82, 2.24) is 14.9 Å². The second kappa shape index (κ2) is 8.38. The number of rotatable bonds is 5. The summed E-state index contributed by atoms with van der Waals surface area (Å²) in [6, 6.07) is 18.0. The number of ether oxygens (including phenoxy) is 1. The average molecular weight is 439 g/mol. The minimum Gasteiger partial charge on any atom is -0.376 e. The van der Waals surface area contributed by atoms with Crippen LogP contribution in [0.5, 0.6) is 0 Å². The minimum atomic E-state index is -0.0625. The van der Waals surface area contributed by atoms with Crippen LogP contribution in [-0.2, 0) is 11.3 Å². The zero-order valence-electron chi connectivity index (χ0n) is 16.4. The summed E-state index contributed by atoms with van der Waals surface area (Å²) in [5.41, 5.74) is 3.15. The molecule has 0 saturated carbocycles. The molecule has 2 aliphatic rings. The fraction of sp³-hybridized carbons (Fsp3) is 0.304. The van der Waals surface area contributed by atoms with Gasteiger partial charge < -0.3 is 19.5 Å². The highest BCUT2D eigenvalue weighted by Gasteiger charge is 2.42. The lowest BCUT2D eigenvalue weighted by molar-refractivity contribution is 0.0961. The molecular formula is C23H23ClN4OS. The molecule has 1 N–H and O–H groups in total. The van der Waals surface area contributed by atoms with Crippen LogP contribution in [0.2, 0.25) is 5.02 Å². The van der Waals surface area contributed by atoms with Crippen molar-refractivity contribution in [2.24, 2.45) is 0 Å². The van der Waals surface area contributed by atoms with Crippen LogP contribution in [0.4, 0.5) is 5.69 Å². The molecular weight excluding hydrogens is 416 g/mol. The van der Waals surface area contributed by atoms with Gasteiger partial charge in [0.2, 0.25) is 0 Å². The molecule has 0 radical (unpaired) electrons. The van der Waals surface area contributed by atoms with Gasteiger partial charge in [-0.25, -0.2) is 0 Å².